The number of thiazole rings is 1. The minimum atomic E-state index is -0.755. The number of hydrogen-bond donors (Lipinski definition) is 2. The van der Waals surface area contributed by atoms with Crippen molar-refractivity contribution in [2.45, 2.75) is 33.2 Å². The summed E-state index contributed by atoms with van der Waals surface area (Å²) in [6.45, 7) is 6.13. The monoisotopic (exact) mass is 359 g/mol. The van der Waals surface area contributed by atoms with Gasteiger partial charge >= 0.3 is 0 Å². The molecule has 1 aliphatic rings. The maximum Gasteiger partial charge on any atom is 0.264 e. The number of amides is 2. The van der Waals surface area contributed by atoms with Crippen molar-refractivity contribution in [3.8, 4) is 5.75 Å². The molecule has 0 saturated heterocycles. The van der Waals surface area contributed by atoms with Crippen LogP contribution in [0.25, 0.3) is 0 Å². The highest BCUT2D eigenvalue weighted by molar-refractivity contribution is 7.13. The molecule has 1 aromatic carbocycles. The average Bonchev–Trinajstić information content (AvgIpc) is 2.83. The molecule has 6 nitrogen and oxygen atoms in total. The largest absolute Gasteiger partial charge is 0.489 e. The van der Waals surface area contributed by atoms with Crippen LogP contribution in [0.4, 0.5) is 5.69 Å². The number of carbonyl (C=O) groups excluding carboxylic acids is 2. The Balaban J connectivity index is 1.71. The first-order valence-electron chi connectivity index (χ1n) is 8.24. The van der Waals surface area contributed by atoms with Crippen molar-refractivity contribution in [1.82, 2.24) is 10.3 Å². The van der Waals surface area contributed by atoms with E-state index in [1.165, 1.54) is 11.3 Å². The summed E-state index contributed by atoms with van der Waals surface area (Å²) >= 11 is 1.38. The van der Waals surface area contributed by atoms with Crippen molar-refractivity contribution in [1.29, 1.82) is 0 Å². The van der Waals surface area contributed by atoms with E-state index in [-0.39, 0.29) is 18.4 Å². The van der Waals surface area contributed by atoms with Gasteiger partial charge in [0, 0.05) is 6.42 Å². The molecule has 0 bridgehead atoms. The molecular formula is C18H21N3O3S. The summed E-state index contributed by atoms with van der Waals surface area (Å²) in [5, 5.41) is 6.48. The van der Waals surface area contributed by atoms with E-state index in [1.807, 2.05) is 19.1 Å². The SMILES string of the molecule is Cc1nc(CC(C)C)sc1C(=O)NC1COc2ccccc2NC1=O. The first kappa shape index (κ1) is 17.4. The molecule has 2 amide bonds. The van der Waals surface area contributed by atoms with E-state index in [0.717, 1.165) is 11.4 Å². The number of aromatic nitrogens is 1. The second-order valence-corrected chi connectivity index (χ2v) is 7.53. The zero-order valence-electron chi connectivity index (χ0n) is 14.5. The molecule has 132 valence electrons. The fourth-order valence-electron chi connectivity index (χ4n) is 2.59. The van der Waals surface area contributed by atoms with Crippen molar-refractivity contribution < 1.29 is 14.3 Å². The molecule has 0 radical (unpaired) electrons. The predicted molar refractivity (Wildman–Crippen MR) is 97.2 cm³/mol. The molecule has 25 heavy (non-hydrogen) atoms. The first-order chi connectivity index (χ1) is 11.9. The number of aryl methyl sites for hydroxylation is 1. The van der Waals surface area contributed by atoms with Crippen molar-refractivity contribution in [3.05, 3.63) is 39.8 Å². The molecule has 2 heterocycles. The molecule has 3 rings (SSSR count). The van der Waals surface area contributed by atoms with Crippen LogP contribution in [0.15, 0.2) is 24.3 Å². The zero-order chi connectivity index (χ0) is 18.0. The predicted octanol–water partition coefficient (Wildman–Crippen LogP) is 2.78. The number of benzene rings is 1. The lowest BCUT2D eigenvalue weighted by molar-refractivity contribution is -0.118. The normalized spacial score (nSPS) is 16.6. The van der Waals surface area contributed by atoms with Crippen LogP contribution < -0.4 is 15.4 Å². The maximum atomic E-state index is 12.6. The van der Waals surface area contributed by atoms with Gasteiger partial charge in [0.1, 0.15) is 23.3 Å². The molecule has 7 heteroatoms. The Morgan fingerprint density at radius 1 is 1.44 bits per heavy atom. The average molecular weight is 359 g/mol. The van der Waals surface area contributed by atoms with E-state index in [0.29, 0.717) is 27.9 Å². The van der Waals surface area contributed by atoms with Gasteiger partial charge in [-0.25, -0.2) is 4.98 Å². The molecule has 0 saturated carbocycles. The van der Waals surface area contributed by atoms with Crippen LogP contribution in [-0.4, -0.2) is 29.4 Å². The van der Waals surface area contributed by atoms with Crippen LogP contribution >= 0.6 is 11.3 Å². The van der Waals surface area contributed by atoms with Crippen LogP contribution in [0.2, 0.25) is 0 Å². The van der Waals surface area contributed by atoms with Crippen LogP contribution in [0.5, 0.6) is 5.75 Å². The molecular weight excluding hydrogens is 338 g/mol. The van der Waals surface area contributed by atoms with Crippen molar-refractivity contribution >= 4 is 28.8 Å². The molecule has 1 aromatic heterocycles. The smallest absolute Gasteiger partial charge is 0.264 e. The van der Waals surface area contributed by atoms with Gasteiger partial charge in [-0.15, -0.1) is 11.3 Å². The van der Waals surface area contributed by atoms with Gasteiger partial charge in [-0.05, 0) is 25.0 Å². The zero-order valence-corrected chi connectivity index (χ0v) is 15.3. The summed E-state index contributed by atoms with van der Waals surface area (Å²) in [7, 11) is 0. The number of nitrogens with one attached hydrogen (secondary N) is 2. The summed E-state index contributed by atoms with van der Waals surface area (Å²) in [4.78, 5) is 30.0. The fourth-order valence-corrected chi connectivity index (χ4v) is 3.77. The molecule has 0 aliphatic carbocycles. The van der Waals surface area contributed by atoms with Crippen LogP contribution in [0.3, 0.4) is 0 Å². The van der Waals surface area contributed by atoms with Crippen molar-refractivity contribution in [2.24, 2.45) is 5.92 Å². The highest BCUT2D eigenvalue weighted by Gasteiger charge is 2.27. The lowest BCUT2D eigenvalue weighted by Crippen LogP contribution is -2.46. The van der Waals surface area contributed by atoms with Crippen LogP contribution in [0, 0.1) is 12.8 Å². The molecule has 2 aromatic rings. The van der Waals surface area contributed by atoms with E-state index >= 15 is 0 Å². The van der Waals surface area contributed by atoms with Gasteiger partial charge in [0.2, 0.25) is 0 Å². The first-order valence-corrected chi connectivity index (χ1v) is 9.05. The summed E-state index contributed by atoms with van der Waals surface area (Å²) in [6.07, 6.45) is 0.834. The van der Waals surface area contributed by atoms with Gasteiger partial charge in [-0.1, -0.05) is 26.0 Å². The Morgan fingerprint density at radius 2 is 2.20 bits per heavy atom. The van der Waals surface area contributed by atoms with Gasteiger partial charge < -0.3 is 15.4 Å². The van der Waals surface area contributed by atoms with Gasteiger partial charge in [0.05, 0.1) is 16.4 Å². The van der Waals surface area contributed by atoms with Crippen LogP contribution in [-0.2, 0) is 11.2 Å². The van der Waals surface area contributed by atoms with Gasteiger partial charge in [0.25, 0.3) is 11.8 Å². The van der Waals surface area contributed by atoms with E-state index in [1.54, 1.807) is 12.1 Å². The van der Waals surface area contributed by atoms with Gasteiger partial charge in [0.15, 0.2) is 0 Å². The van der Waals surface area contributed by atoms with Gasteiger partial charge in [-0.2, -0.15) is 0 Å². The van der Waals surface area contributed by atoms with E-state index in [2.05, 4.69) is 29.5 Å². The molecule has 1 aliphatic heterocycles. The number of nitrogens with zero attached hydrogens (tertiary/aromatic N) is 1. The van der Waals surface area contributed by atoms with Gasteiger partial charge in [-0.3, -0.25) is 9.59 Å². The number of rotatable bonds is 4. The Morgan fingerprint density at radius 3 is 2.96 bits per heavy atom. The number of para-hydroxylation sites is 2. The number of hydrogen-bond acceptors (Lipinski definition) is 5. The van der Waals surface area contributed by atoms with E-state index in [9.17, 15) is 9.59 Å². The Kier molecular flexibility index (Phi) is 5.03. The molecule has 2 N–H and O–H groups in total. The quantitative estimate of drug-likeness (QED) is 0.880. The van der Waals surface area contributed by atoms with E-state index in [4.69, 9.17) is 4.74 Å². The number of carbonyl (C=O) groups is 2. The second kappa shape index (κ2) is 7.23. The molecule has 0 spiro atoms. The lowest BCUT2D eigenvalue weighted by Gasteiger charge is -2.14. The number of anilines is 1. The third-order valence-corrected chi connectivity index (χ3v) is 4.98. The second-order valence-electron chi connectivity index (χ2n) is 6.44. The molecule has 1 atom stereocenters. The maximum absolute atomic E-state index is 12.6. The van der Waals surface area contributed by atoms with Crippen LogP contribution in [0.1, 0.15) is 34.2 Å². The molecule has 1 unspecified atom stereocenters. The number of fused-ring (bicyclic) bond motifs is 1. The molecule has 0 fully saturated rings. The third kappa shape index (κ3) is 3.99. The Bertz CT molecular complexity index is 801. The highest BCUT2D eigenvalue weighted by Crippen LogP contribution is 2.26. The summed E-state index contributed by atoms with van der Waals surface area (Å²) < 4.78 is 5.65. The lowest BCUT2D eigenvalue weighted by atomic mass is 10.1. The fraction of sp³-hybridized carbons (Fsp3) is 0.389. The summed E-state index contributed by atoms with van der Waals surface area (Å²) in [5.74, 6) is 0.490. The minimum Gasteiger partial charge on any atom is -0.489 e. The Labute approximate surface area is 150 Å². The van der Waals surface area contributed by atoms with E-state index < -0.39 is 6.04 Å². The Hall–Kier alpha value is -2.41. The number of ether oxygens (including phenoxy) is 1. The summed E-state index contributed by atoms with van der Waals surface area (Å²) in [5.41, 5.74) is 1.30. The van der Waals surface area contributed by atoms with Crippen molar-refractivity contribution in [2.75, 3.05) is 11.9 Å². The third-order valence-electron chi connectivity index (χ3n) is 3.80. The topological polar surface area (TPSA) is 80.3 Å². The summed E-state index contributed by atoms with van der Waals surface area (Å²) in [6, 6.07) is 6.45. The highest BCUT2D eigenvalue weighted by atomic mass is 32.1. The minimum absolute atomic E-state index is 0.0886. The van der Waals surface area contributed by atoms with Crippen molar-refractivity contribution in [3.63, 3.8) is 0 Å². The standard InChI is InChI=1S/C18H21N3O3S/c1-10(2)8-15-19-11(3)16(25-15)18(23)21-13-9-24-14-7-5-4-6-12(14)20-17(13)22/h4-7,10,13H,8-9H2,1-3H3,(H,20,22)(H,21,23).